The van der Waals surface area contributed by atoms with Gasteiger partial charge in [-0.2, -0.15) is 0 Å². The molecule has 0 unspecified atom stereocenters. The number of rotatable bonds is 4. The number of halogens is 1. The Morgan fingerprint density at radius 2 is 1.75 bits per heavy atom. The van der Waals surface area contributed by atoms with E-state index in [1.54, 1.807) is 18.2 Å². The Labute approximate surface area is 125 Å². The van der Waals surface area contributed by atoms with E-state index in [1.807, 2.05) is 24.5 Å². The second-order valence-electron chi connectivity index (χ2n) is 3.85. The number of amidine groups is 1. The molecule has 0 spiro atoms. The maximum absolute atomic E-state index is 13.7. The standard InChI is InChI=1S/C14H13FN2OS2/c1-19-11-7-4-8-12(13(11)14(16)17-18)20-10-6-3-2-5-9(10)15/h2-8,18H,1H3,(H2,16,17). The zero-order chi connectivity index (χ0) is 14.5. The third-order valence-corrected chi connectivity index (χ3v) is 4.52. The number of hydrogen-bond acceptors (Lipinski definition) is 4. The van der Waals surface area contributed by atoms with Gasteiger partial charge in [-0.05, 0) is 30.5 Å². The van der Waals surface area contributed by atoms with E-state index >= 15 is 0 Å². The fraction of sp³-hybridized carbons (Fsp3) is 0.0714. The van der Waals surface area contributed by atoms with Crippen LogP contribution in [0.2, 0.25) is 0 Å². The van der Waals surface area contributed by atoms with Crippen LogP contribution in [0.5, 0.6) is 0 Å². The summed E-state index contributed by atoms with van der Waals surface area (Å²) in [6.07, 6.45) is 1.90. The van der Waals surface area contributed by atoms with Crippen LogP contribution in [0.4, 0.5) is 4.39 Å². The highest BCUT2D eigenvalue weighted by atomic mass is 32.2. The molecule has 104 valence electrons. The highest BCUT2D eigenvalue weighted by Gasteiger charge is 2.14. The quantitative estimate of drug-likeness (QED) is 0.297. The number of nitrogens with zero attached hydrogens (tertiary/aromatic N) is 1. The van der Waals surface area contributed by atoms with Gasteiger partial charge in [0.1, 0.15) is 5.82 Å². The molecular weight excluding hydrogens is 295 g/mol. The van der Waals surface area contributed by atoms with E-state index in [-0.39, 0.29) is 11.7 Å². The first kappa shape index (κ1) is 14.7. The summed E-state index contributed by atoms with van der Waals surface area (Å²) in [5, 5.41) is 12.0. The van der Waals surface area contributed by atoms with Gasteiger partial charge in [0, 0.05) is 20.2 Å². The van der Waals surface area contributed by atoms with Gasteiger partial charge in [0.05, 0.1) is 0 Å². The molecule has 0 radical (unpaired) electrons. The van der Waals surface area contributed by atoms with E-state index < -0.39 is 0 Å². The highest BCUT2D eigenvalue weighted by Crippen LogP contribution is 2.35. The van der Waals surface area contributed by atoms with Gasteiger partial charge < -0.3 is 10.9 Å². The Morgan fingerprint density at radius 3 is 2.40 bits per heavy atom. The summed E-state index contributed by atoms with van der Waals surface area (Å²) in [6.45, 7) is 0. The maximum Gasteiger partial charge on any atom is 0.172 e. The molecule has 20 heavy (non-hydrogen) atoms. The lowest BCUT2D eigenvalue weighted by molar-refractivity contribution is 0.318. The normalized spacial score (nSPS) is 11.6. The van der Waals surface area contributed by atoms with Crippen molar-refractivity contribution in [3.8, 4) is 0 Å². The minimum atomic E-state index is -0.294. The van der Waals surface area contributed by atoms with Crippen LogP contribution in [-0.4, -0.2) is 17.3 Å². The summed E-state index contributed by atoms with van der Waals surface area (Å²) < 4.78 is 13.7. The number of hydrogen-bond donors (Lipinski definition) is 2. The largest absolute Gasteiger partial charge is 0.409 e. The third-order valence-electron chi connectivity index (χ3n) is 2.63. The Kier molecular flexibility index (Phi) is 4.92. The van der Waals surface area contributed by atoms with Gasteiger partial charge in [-0.25, -0.2) is 4.39 Å². The van der Waals surface area contributed by atoms with Crippen molar-refractivity contribution in [2.45, 2.75) is 14.7 Å². The van der Waals surface area contributed by atoms with Gasteiger partial charge >= 0.3 is 0 Å². The van der Waals surface area contributed by atoms with Crippen LogP contribution in [0.1, 0.15) is 5.56 Å². The Hall–Kier alpha value is -1.66. The van der Waals surface area contributed by atoms with E-state index in [0.717, 1.165) is 9.79 Å². The van der Waals surface area contributed by atoms with E-state index in [4.69, 9.17) is 10.9 Å². The van der Waals surface area contributed by atoms with Crippen molar-refractivity contribution in [2.24, 2.45) is 10.9 Å². The van der Waals surface area contributed by atoms with Crippen LogP contribution in [0, 0.1) is 5.82 Å². The van der Waals surface area contributed by atoms with Gasteiger partial charge in [-0.3, -0.25) is 0 Å². The summed E-state index contributed by atoms with van der Waals surface area (Å²) in [6, 6.07) is 12.1. The lowest BCUT2D eigenvalue weighted by Gasteiger charge is -2.12. The molecule has 2 aromatic carbocycles. The first-order valence-corrected chi connectivity index (χ1v) is 7.78. The average molecular weight is 308 g/mol. The molecular formula is C14H13FN2OS2. The van der Waals surface area contributed by atoms with Gasteiger partial charge in [-0.15, -0.1) is 11.8 Å². The van der Waals surface area contributed by atoms with Crippen molar-refractivity contribution in [1.29, 1.82) is 0 Å². The first-order valence-electron chi connectivity index (χ1n) is 5.74. The Bertz CT molecular complexity index is 647. The van der Waals surface area contributed by atoms with Crippen LogP contribution in [0.25, 0.3) is 0 Å². The Morgan fingerprint density at radius 1 is 1.10 bits per heavy atom. The Balaban J connectivity index is 2.49. The molecule has 0 aromatic heterocycles. The maximum atomic E-state index is 13.7. The minimum Gasteiger partial charge on any atom is -0.409 e. The lowest BCUT2D eigenvalue weighted by Crippen LogP contribution is -2.15. The molecule has 6 heteroatoms. The molecule has 0 amide bonds. The SMILES string of the molecule is CSc1cccc(Sc2ccccc2F)c1/C(N)=N/O. The summed E-state index contributed by atoms with van der Waals surface area (Å²) in [5.74, 6) is -0.272. The molecule has 0 aliphatic rings. The number of nitrogens with two attached hydrogens (primary N) is 1. The fourth-order valence-electron chi connectivity index (χ4n) is 1.71. The number of oxime groups is 1. The van der Waals surface area contributed by atoms with Crippen LogP contribution < -0.4 is 5.73 Å². The van der Waals surface area contributed by atoms with Crippen LogP contribution in [0.15, 0.2) is 62.3 Å². The van der Waals surface area contributed by atoms with Gasteiger partial charge in [0.15, 0.2) is 5.84 Å². The molecule has 0 saturated carbocycles. The van der Waals surface area contributed by atoms with Crippen molar-refractivity contribution in [3.63, 3.8) is 0 Å². The van der Waals surface area contributed by atoms with Crippen LogP contribution in [-0.2, 0) is 0 Å². The summed E-state index contributed by atoms with van der Waals surface area (Å²) in [7, 11) is 0. The zero-order valence-corrected chi connectivity index (χ0v) is 12.3. The van der Waals surface area contributed by atoms with E-state index in [2.05, 4.69) is 5.16 Å². The molecule has 3 N–H and O–H groups in total. The third kappa shape index (κ3) is 3.08. The molecule has 0 bridgehead atoms. The minimum absolute atomic E-state index is 0.0220. The highest BCUT2D eigenvalue weighted by molar-refractivity contribution is 8.00. The molecule has 2 rings (SSSR count). The monoisotopic (exact) mass is 308 g/mol. The van der Waals surface area contributed by atoms with E-state index in [0.29, 0.717) is 10.5 Å². The topological polar surface area (TPSA) is 58.6 Å². The predicted molar refractivity (Wildman–Crippen MR) is 81.3 cm³/mol. The second kappa shape index (κ2) is 6.67. The molecule has 0 heterocycles. The molecule has 3 nitrogen and oxygen atoms in total. The van der Waals surface area contributed by atoms with Gasteiger partial charge in [0.25, 0.3) is 0 Å². The summed E-state index contributed by atoms with van der Waals surface area (Å²) in [4.78, 5) is 2.12. The molecule has 0 saturated heterocycles. The van der Waals surface area contributed by atoms with Crippen molar-refractivity contribution in [1.82, 2.24) is 0 Å². The second-order valence-corrected chi connectivity index (χ2v) is 5.78. The molecule has 0 atom stereocenters. The molecule has 2 aromatic rings. The average Bonchev–Trinajstić information content (AvgIpc) is 2.48. The molecule has 0 aliphatic carbocycles. The van der Waals surface area contributed by atoms with Crippen molar-refractivity contribution in [3.05, 3.63) is 53.8 Å². The molecule has 0 aliphatic heterocycles. The van der Waals surface area contributed by atoms with Crippen LogP contribution >= 0.6 is 23.5 Å². The summed E-state index contributed by atoms with van der Waals surface area (Å²) >= 11 is 2.74. The summed E-state index contributed by atoms with van der Waals surface area (Å²) in [5.41, 5.74) is 6.36. The van der Waals surface area contributed by atoms with E-state index in [9.17, 15) is 4.39 Å². The van der Waals surface area contributed by atoms with Crippen molar-refractivity contribution in [2.75, 3.05) is 6.26 Å². The predicted octanol–water partition coefficient (Wildman–Crippen LogP) is 3.79. The van der Waals surface area contributed by atoms with Gasteiger partial charge in [0.2, 0.25) is 0 Å². The number of benzene rings is 2. The van der Waals surface area contributed by atoms with Crippen molar-refractivity contribution >= 4 is 29.4 Å². The van der Waals surface area contributed by atoms with Crippen LogP contribution in [0.3, 0.4) is 0 Å². The smallest absolute Gasteiger partial charge is 0.172 e. The first-order chi connectivity index (χ1) is 9.67. The number of thioether (sulfide) groups is 1. The van der Waals surface area contributed by atoms with E-state index in [1.165, 1.54) is 29.6 Å². The van der Waals surface area contributed by atoms with Gasteiger partial charge in [-0.1, -0.05) is 35.1 Å². The molecule has 0 fully saturated rings. The lowest BCUT2D eigenvalue weighted by atomic mass is 10.2. The van der Waals surface area contributed by atoms with Crippen molar-refractivity contribution < 1.29 is 9.60 Å². The fourth-order valence-corrected chi connectivity index (χ4v) is 3.42. The zero-order valence-electron chi connectivity index (χ0n) is 10.7.